The Kier molecular flexibility index (Phi) is 4.86. The fourth-order valence-corrected chi connectivity index (χ4v) is 1.37. The van der Waals surface area contributed by atoms with Crippen molar-refractivity contribution in [1.29, 1.82) is 0 Å². The number of hydrogen-bond donors (Lipinski definition) is 1. The van der Waals surface area contributed by atoms with E-state index in [-0.39, 0.29) is 13.0 Å². The van der Waals surface area contributed by atoms with E-state index in [9.17, 15) is 9.59 Å². The molecule has 1 aliphatic heterocycles. The van der Waals surface area contributed by atoms with Gasteiger partial charge in [-0.05, 0) is 6.92 Å². The van der Waals surface area contributed by atoms with Crippen LogP contribution in [0.15, 0.2) is 0 Å². The summed E-state index contributed by atoms with van der Waals surface area (Å²) in [6.07, 6.45) is -0.0408. The summed E-state index contributed by atoms with van der Waals surface area (Å²) in [4.78, 5) is 22.4. The van der Waals surface area contributed by atoms with Gasteiger partial charge in [0.2, 0.25) is 0 Å². The number of hydrogen-bond acceptors (Lipinski definition) is 7. The molecule has 1 saturated heterocycles. The third kappa shape index (κ3) is 4.29. The van der Waals surface area contributed by atoms with Crippen molar-refractivity contribution in [1.82, 2.24) is 0 Å². The summed E-state index contributed by atoms with van der Waals surface area (Å²) in [5.41, 5.74) is 5.40. The molecular weight excluding hydrogens is 230 g/mol. The SMILES string of the molecule is COC(=O)[C@@H](N)COC(=O)CC1(C)OCCO1. The molecule has 0 amide bonds. The molecule has 0 unspecified atom stereocenters. The maximum Gasteiger partial charge on any atom is 0.326 e. The van der Waals surface area contributed by atoms with Crippen molar-refractivity contribution in [3.63, 3.8) is 0 Å². The molecule has 0 saturated carbocycles. The van der Waals surface area contributed by atoms with Gasteiger partial charge in [-0.1, -0.05) is 0 Å². The first-order chi connectivity index (χ1) is 7.97. The molecule has 2 N–H and O–H groups in total. The van der Waals surface area contributed by atoms with Gasteiger partial charge in [-0.2, -0.15) is 0 Å². The molecule has 0 bridgehead atoms. The Labute approximate surface area is 99.1 Å². The van der Waals surface area contributed by atoms with Gasteiger partial charge in [0, 0.05) is 0 Å². The first-order valence-electron chi connectivity index (χ1n) is 5.24. The first kappa shape index (κ1) is 13.9. The normalized spacial score (nSPS) is 19.7. The van der Waals surface area contributed by atoms with Crippen LogP contribution in [0.25, 0.3) is 0 Å². The lowest BCUT2D eigenvalue weighted by molar-refractivity contribution is -0.175. The van der Waals surface area contributed by atoms with Crippen LogP contribution < -0.4 is 5.73 Å². The molecule has 1 aliphatic rings. The minimum absolute atomic E-state index is 0.0408. The van der Waals surface area contributed by atoms with E-state index in [0.29, 0.717) is 13.2 Å². The molecule has 0 aromatic rings. The smallest absolute Gasteiger partial charge is 0.326 e. The van der Waals surface area contributed by atoms with Gasteiger partial charge in [0.1, 0.15) is 12.6 Å². The molecule has 0 aromatic heterocycles. The van der Waals surface area contributed by atoms with Gasteiger partial charge in [-0.3, -0.25) is 9.59 Å². The van der Waals surface area contributed by atoms with Crippen LogP contribution in [0.2, 0.25) is 0 Å². The first-order valence-corrected chi connectivity index (χ1v) is 5.24. The second-order valence-corrected chi connectivity index (χ2v) is 3.82. The summed E-state index contributed by atoms with van der Waals surface area (Å²) in [5.74, 6) is -2.10. The highest BCUT2D eigenvalue weighted by Gasteiger charge is 2.34. The average molecular weight is 247 g/mol. The van der Waals surface area contributed by atoms with Crippen molar-refractivity contribution in [2.24, 2.45) is 5.73 Å². The van der Waals surface area contributed by atoms with E-state index in [0.717, 1.165) is 0 Å². The van der Waals surface area contributed by atoms with Crippen LogP contribution in [0, 0.1) is 0 Å². The molecule has 7 nitrogen and oxygen atoms in total. The van der Waals surface area contributed by atoms with Crippen LogP contribution in [0.1, 0.15) is 13.3 Å². The zero-order valence-corrected chi connectivity index (χ0v) is 9.93. The number of carbonyl (C=O) groups excluding carboxylic acids is 2. The lowest BCUT2D eigenvalue weighted by Crippen LogP contribution is -2.38. The van der Waals surface area contributed by atoms with Gasteiger partial charge in [-0.25, -0.2) is 0 Å². The second kappa shape index (κ2) is 5.95. The van der Waals surface area contributed by atoms with Crippen LogP contribution in [0.4, 0.5) is 0 Å². The topological polar surface area (TPSA) is 97.1 Å². The van der Waals surface area contributed by atoms with E-state index >= 15 is 0 Å². The van der Waals surface area contributed by atoms with Crippen molar-refractivity contribution in [3.8, 4) is 0 Å². The van der Waals surface area contributed by atoms with E-state index in [1.165, 1.54) is 7.11 Å². The number of esters is 2. The van der Waals surface area contributed by atoms with Crippen molar-refractivity contribution in [2.45, 2.75) is 25.2 Å². The van der Waals surface area contributed by atoms with Gasteiger partial charge in [0.25, 0.3) is 0 Å². The molecule has 0 aromatic carbocycles. The van der Waals surface area contributed by atoms with E-state index in [2.05, 4.69) is 4.74 Å². The van der Waals surface area contributed by atoms with E-state index in [4.69, 9.17) is 19.9 Å². The number of methoxy groups -OCH3 is 1. The number of nitrogens with two attached hydrogens (primary N) is 1. The standard InChI is InChI=1S/C10H17NO6/c1-10(16-3-4-17-10)5-8(12)15-6-7(11)9(13)14-2/h7H,3-6,11H2,1-2H3/t7-/m0/s1. The molecule has 0 aliphatic carbocycles. The predicted molar refractivity (Wildman–Crippen MR) is 55.9 cm³/mol. The summed E-state index contributed by atoms with van der Waals surface area (Å²) in [6, 6.07) is -0.970. The Morgan fingerprint density at radius 3 is 2.53 bits per heavy atom. The Morgan fingerprint density at radius 2 is 2.00 bits per heavy atom. The van der Waals surface area contributed by atoms with Gasteiger partial charge >= 0.3 is 11.9 Å². The Morgan fingerprint density at radius 1 is 1.41 bits per heavy atom. The number of rotatable bonds is 5. The number of carbonyl (C=O) groups is 2. The van der Waals surface area contributed by atoms with E-state index in [1.54, 1.807) is 6.92 Å². The average Bonchev–Trinajstić information content (AvgIpc) is 2.71. The Balaban J connectivity index is 2.28. The van der Waals surface area contributed by atoms with Crippen LogP contribution in [-0.2, 0) is 28.5 Å². The maximum atomic E-state index is 11.4. The monoisotopic (exact) mass is 247 g/mol. The zero-order valence-electron chi connectivity index (χ0n) is 9.93. The zero-order chi connectivity index (χ0) is 12.9. The highest BCUT2D eigenvalue weighted by Crippen LogP contribution is 2.22. The van der Waals surface area contributed by atoms with Crippen LogP contribution in [0.3, 0.4) is 0 Å². The van der Waals surface area contributed by atoms with Crippen molar-refractivity contribution < 1.29 is 28.5 Å². The third-order valence-electron chi connectivity index (χ3n) is 2.29. The maximum absolute atomic E-state index is 11.4. The molecular formula is C10H17NO6. The molecule has 98 valence electrons. The van der Waals surface area contributed by atoms with Gasteiger partial charge in [0.15, 0.2) is 5.79 Å². The van der Waals surface area contributed by atoms with Gasteiger partial charge in [-0.15, -0.1) is 0 Å². The minimum Gasteiger partial charge on any atom is -0.468 e. The van der Waals surface area contributed by atoms with Gasteiger partial charge < -0.3 is 24.7 Å². The molecule has 1 fully saturated rings. The molecule has 1 rings (SSSR count). The Hall–Kier alpha value is -1.18. The second-order valence-electron chi connectivity index (χ2n) is 3.82. The fourth-order valence-electron chi connectivity index (χ4n) is 1.37. The third-order valence-corrected chi connectivity index (χ3v) is 2.29. The van der Waals surface area contributed by atoms with Crippen molar-refractivity contribution in [2.75, 3.05) is 26.9 Å². The summed E-state index contributed by atoms with van der Waals surface area (Å²) in [5, 5.41) is 0. The molecule has 7 heteroatoms. The highest BCUT2D eigenvalue weighted by molar-refractivity contribution is 5.76. The molecule has 0 spiro atoms. The molecule has 17 heavy (non-hydrogen) atoms. The lowest BCUT2D eigenvalue weighted by Gasteiger charge is -2.21. The Bertz CT molecular complexity index is 287. The summed E-state index contributed by atoms with van der Waals surface area (Å²) in [6.45, 7) is 2.33. The predicted octanol–water partition coefficient (Wildman–Crippen LogP) is -0.817. The minimum atomic E-state index is -0.970. The van der Waals surface area contributed by atoms with E-state index < -0.39 is 23.8 Å². The quantitative estimate of drug-likeness (QED) is 0.634. The van der Waals surface area contributed by atoms with Crippen molar-refractivity contribution in [3.05, 3.63) is 0 Å². The van der Waals surface area contributed by atoms with E-state index in [1.807, 2.05) is 0 Å². The summed E-state index contributed by atoms with van der Waals surface area (Å²) >= 11 is 0. The summed E-state index contributed by atoms with van der Waals surface area (Å²) in [7, 11) is 1.21. The van der Waals surface area contributed by atoms with Gasteiger partial charge in [0.05, 0.1) is 26.7 Å². The summed E-state index contributed by atoms with van der Waals surface area (Å²) < 4.78 is 19.7. The van der Waals surface area contributed by atoms with Crippen LogP contribution >= 0.6 is 0 Å². The van der Waals surface area contributed by atoms with Crippen molar-refractivity contribution >= 4 is 11.9 Å². The molecule has 1 atom stereocenters. The largest absolute Gasteiger partial charge is 0.468 e. The van der Waals surface area contributed by atoms with Crippen LogP contribution in [0.5, 0.6) is 0 Å². The molecule has 0 radical (unpaired) electrons. The lowest BCUT2D eigenvalue weighted by atomic mass is 10.2. The van der Waals surface area contributed by atoms with Crippen LogP contribution in [-0.4, -0.2) is 50.7 Å². The fraction of sp³-hybridized carbons (Fsp3) is 0.800. The number of ether oxygens (including phenoxy) is 4. The highest BCUT2D eigenvalue weighted by atomic mass is 16.7. The molecule has 1 heterocycles.